The van der Waals surface area contributed by atoms with Gasteiger partial charge in [-0.15, -0.1) is 0 Å². The zero-order valence-corrected chi connectivity index (χ0v) is 12.7. The van der Waals surface area contributed by atoms with Crippen LogP contribution in [0, 0.1) is 16.7 Å². The molecular weight excluding hydrogens is 196 g/mol. The van der Waals surface area contributed by atoms with Gasteiger partial charge in [0.15, 0.2) is 0 Å². The van der Waals surface area contributed by atoms with Crippen LogP contribution in [-0.4, -0.2) is 12.7 Å². The summed E-state index contributed by atoms with van der Waals surface area (Å²) < 4.78 is 5.93. The highest BCUT2D eigenvalue weighted by atomic mass is 16.5. The SMILES string of the molecule is CC(CCC(C)(C)C)OCC(C)C(C)(C)C. The fraction of sp³-hybridized carbons (Fsp3) is 1.00. The Balaban J connectivity index is 3.78. The molecule has 1 nitrogen and oxygen atoms in total. The molecule has 0 bridgehead atoms. The molecule has 0 heterocycles. The summed E-state index contributed by atoms with van der Waals surface area (Å²) >= 11 is 0. The highest BCUT2D eigenvalue weighted by Gasteiger charge is 2.21. The standard InChI is InChI=1S/C15H32O/c1-12(15(6,7)8)11-16-13(2)9-10-14(3,4)5/h12-13H,9-11H2,1-8H3. The molecule has 0 amide bonds. The maximum absolute atomic E-state index is 5.93. The third-order valence-corrected chi connectivity index (χ3v) is 3.41. The van der Waals surface area contributed by atoms with E-state index >= 15 is 0 Å². The molecule has 2 atom stereocenters. The third kappa shape index (κ3) is 8.15. The molecule has 1 heteroatoms. The summed E-state index contributed by atoms with van der Waals surface area (Å²) in [7, 11) is 0. The number of hydrogen-bond donors (Lipinski definition) is 0. The average molecular weight is 228 g/mol. The van der Waals surface area contributed by atoms with Gasteiger partial charge in [-0.25, -0.2) is 0 Å². The molecule has 0 spiro atoms. The Labute approximate surface area is 103 Å². The normalized spacial score (nSPS) is 17.2. The lowest BCUT2D eigenvalue weighted by Crippen LogP contribution is -2.25. The van der Waals surface area contributed by atoms with Gasteiger partial charge in [0.25, 0.3) is 0 Å². The van der Waals surface area contributed by atoms with Crippen molar-refractivity contribution in [2.45, 2.75) is 74.3 Å². The minimum Gasteiger partial charge on any atom is -0.378 e. The highest BCUT2D eigenvalue weighted by molar-refractivity contribution is 4.70. The van der Waals surface area contributed by atoms with Crippen LogP contribution in [-0.2, 0) is 4.74 Å². The van der Waals surface area contributed by atoms with E-state index in [0.29, 0.717) is 22.9 Å². The van der Waals surface area contributed by atoms with Gasteiger partial charge in [-0.1, -0.05) is 48.5 Å². The first-order valence-corrected chi connectivity index (χ1v) is 6.64. The van der Waals surface area contributed by atoms with Crippen molar-refractivity contribution in [1.82, 2.24) is 0 Å². The van der Waals surface area contributed by atoms with E-state index in [-0.39, 0.29) is 0 Å². The van der Waals surface area contributed by atoms with Crippen LogP contribution in [0.5, 0.6) is 0 Å². The number of hydrogen-bond acceptors (Lipinski definition) is 1. The van der Waals surface area contributed by atoms with Gasteiger partial charge in [0.2, 0.25) is 0 Å². The van der Waals surface area contributed by atoms with Crippen LogP contribution < -0.4 is 0 Å². The third-order valence-electron chi connectivity index (χ3n) is 3.41. The largest absolute Gasteiger partial charge is 0.378 e. The lowest BCUT2D eigenvalue weighted by molar-refractivity contribution is 0.00819. The second kappa shape index (κ2) is 6.05. The Morgan fingerprint density at radius 3 is 1.81 bits per heavy atom. The molecule has 0 aromatic heterocycles. The van der Waals surface area contributed by atoms with E-state index < -0.39 is 0 Å². The zero-order valence-electron chi connectivity index (χ0n) is 12.7. The summed E-state index contributed by atoms with van der Waals surface area (Å²) in [5.41, 5.74) is 0.775. The summed E-state index contributed by atoms with van der Waals surface area (Å²) in [6, 6.07) is 0. The molecule has 0 aliphatic carbocycles. The molecule has 0 rings (SSSR count). The smallest absolute Gasteiger partial charge is 0.0547 e. The first-order chi connectivity index (χ1) is 7.02. The minimum atomic E-state index is 0.351. The van der Waals surface area contributed by atoms with Crippen molar-refractivity contribution in [2.24, 2.45) is 16.7 Å². The van der Waals surface area contributed by atoms with Gasteiger partial charge in [-0.05, 0) is 36.5 Å². The van der Waals surface area contributed by atoms with Gasteiger partial charge in [0.05, 0.1) is 6.10 Å². The summed E-state index contributed by atoms with van der Waals surface area (Å²) in [5.74, 6) is 0.615. The van der Waals surface area contributed by atoms with Gasteiger partial charge in [-0.3, -0.25) is 0 Å². The summed E-state index contributed by atoms with van der Waals surface area (Å²) in [4.78, 5) is 0. The Bertz CT molecular complexity index is 183. The van der Waals surface area contributed by atoms with Crippen molar-refractivity contribution in [1.29, 1.82) is 0 Å². The number of rotatable bonds is 5. The van der Waals surface area contributed by atoms with E-state index in [1.807, 2.05) is 0 Å². The Morgan fingerprint density at radius 2 is 1.44 bits per heavy atom. The summed E-state index contributed by atoms with van der Waals surface area (Å²) in [5, 5.41) is 0. The van der Waals surface area contributed by atoms with Crippen LogP contribution in [0.1, 0.15) is 68.2 Å². The number of ether oxygens (including phenoxy) is 1. The zero-order chi connectivity index (χ0) is 13.0. The molecule has 2 unspecified atom stereocenters. The minimum absolute atomic E-state index is 0.351. The fourth-order valence-electron chi connectivity index (χ4n) is 1.28. The molecule has 0 saturated heterocycles. The van der Waals surface area contributed by atoms with Crippen molar-refractivity contribution in [3.05, 3.63) is 0 Å². The van der Waals surface area contributed by atoms with Crippen molar-refractivity contribution < 1.29 is 4.74 Å². The molecule has 0 aliphatic rings. The topological polar surface area (TPSA) is 9.23 Å². The first kappa shape index (κ1) is 16.0. The Kier molecular flexibility index (Phi) is 6.03. The van der Waals surface area contributed by atoms with E-state index in [1.165, 1.54) is 12.8 Å². The average Bonchev–Trinajstić information content (AvgIpc) is 2.08. The van der Waals surface area contributed by atoms with Gasteiger partial charge >= 0.3 is 0 Å². The molecule has 0 aromatic carbocycles. The van der Waals surface area contributed by atoms with Crippen molar-refractivity contribution in [2.75, 3.05) is 6.61 Å². The van der Waals surface area contributed by atoms with E-state index in [2.05, 4.69) is 55.4 Å². The second-order valence-electron chi connectivity index (χ2n) is 7.51. The molecule has 0 saturated carbocycles. The van der Waals surface area contributed by atoms with Crippen LogP contribution in [0.3, 0.4) is 0 Å². The van der Waals surface area contributed by atoms with Crippen molar-refractivity contribution in [3.8, 4) is 0 Å². The second-order valence-corrected chi connectivity index (χ2v) is 7.51. The van der Waals surface area contributed by atoms with E-state index in [4.69, 9.17) is 4.74 Å². The van der Waals surface area contributed by atoms with Crippen molar-refractivity contribution >= 4 is 0 Å². The summed E-state index contributed by atoms with van der Waals surface area (Å²) in [6.07, 6.45) is 2.79. The highest BCUT2D eigenvalue weighted by Crippen LogP contribution is 2.27. The quantitative estimate of drug-likeness (QED) is 0.650. The van der Waals surface area contributed by atoms with Gasteiger partial charge in [0, 0.05) is 6.61 Å². The monoisotopic (exact) mass is 228 g/mol. The molecule has 0 radical (unpaired) electrons. The lowest BCUT2D eigenvalue weighted by Gasteiger charge is -2.29. The van der Waals surface area contributed by atoms with Crippen LogP contribution in [0.25, 0.3) is 0 Å². The molecule has 0 aliphatic heterocycles. The predicted molar refractivity (Wildman–Crippen MR) is 72.7 cm³/mol. The molecule has 0 aromatic rings. The molecule has 0 N–H and O–H groups in total. The molecule has 0 fully saturated rings. The van der Waals surface area contributed by atoms with Crippen LogP contribution >= 0.6 is 0 Å². The van der Waals surface area contributed by atoms with Gasteiger partial charge in [-0.2, -0.15) is 0 Å². The summed E-state index contributed by atoms with van der Waals surface area (Å²) in [6.45, 7) is 19.1. The van der Waals surface area contributed by atoms with Gasteiger partial charge < -0.3 is 4.74 Å². The maximum Gasteiger partial charge on any atom is 0.0547 e. The molecule has 16 heavy (non-hydrogen) atoms. The Morgan fingerprint density at radius 1 is 0.938 bits per heavy atom. The van der Waals surface area contributed by atoms with Gasteiger partial charge in [0.1, 0.15) is 0 Å². The lowest BCUT2D eigenvalue weighted by atomic mass is 9.83. The van der Waals surface area contributed by atoms with E-state index in [1.54, 1.807) is 0 Å². The van der Waals surface area contributed by atoms with Crippen LogP contribution in [0.2, 0.25) is 0 Å². The fourth-order valence-corrected chi connectivity index (χ4v) is 1.28. The molecule has 98 valence electrons. The molecular formula is C15H32O. The maximum atomic E-state index is 5.93. The first-order valence-electron chi connectivity index (χ1n) is 6.64. The Hall–Kier alpha value is -0.0400. The predicted octanol–water partition coefficient (Wildman–Crippen LogP) is 4.90. The van der Waals surface area contributed by atoms with Crippen molar-refractivity contribution in [3.63, 3.8) is 0 Å². The van der Waals surface area contributed by atoms with Crippen LogP contribution in [0.15, 0.2) is 0 Å². The van der Waals surface area contributed by atoms with E-state index in [0.717, 1.165) is 6.61 Å². The van der Waals surface area contributed by atoms with Crippen LogP contribution in [0.4, 0.5) is 0 Å². The van der Waals surface area contributed by atoms with E-state index in [9.17, 15) is 0 Å².